The Hall–Kier alpha value is 0.330. The Labute approximate surface area is 75.5 Å². The Bertz CT molecular complexity index is 147. The van der Waals surface area contributed by atoms with Gasteiger partial charge in [-0.05, 0) is 23.9 Å². The summed E-state index contributed by atoms with van der Waals surface area (Å²) in [5.74, 6) is 0. The first-order valence-electron chi connectivity index (χ1n) is 3.88. The highest BCUT2D eigenvalue weighted by atomic mass is 33.1. The summed E-state index contributed by atoms with van der Waals surface area (Å²) < 4.78 is 0. The second-order valence-corrected chi connectivity index (χ2v) is 4.87. The van der Waals surface area contributed by atoms with E-state index in [2.05, 4.69) is 18.7 Å². The molecule has 64 valence electrons. The van der Waals surface area contributed by atoms with Crippen LogP contribution in [0.15, 0.2) is 0 Å². The highest BCUT2D eigenvalue weighted by Gasteiger charge is 2.27. The van der Waals surface area contributed by atoms with Gasteiger partial charge < -0.3 is 0 Å². The molecule has 0 aromatic heterocycles. The van der Waals surface area contributed by atoms with Gasteiger partial charge in [-0.25, -0.2) is 0 Å². The number of nitrogens with zero attached hydrogens (tertiary/aromatic N) is 1. The van der Waals surface area contributed by atoms with Gasteiger partial charge in [0, 0.05) is 6.42 Å². The molecule has 0 aromatic rings. The molecule has 4 heteroatoms. The smallest absolute Gasteiger partial charge is 0.201 e. The number of carbonyl (C=O) groups is 1. The highest BCUT2D eigenvalue weighted by molar-refractivity contribution is 8.83. The summed E-state index contributed by atoms with van der Waals surface area (Å²) in [6, 6.07) is 0. The van der Waals surface area contributed by atoms with E-state index < -0.39 is 0 Å². The van der Waals surface area contributed by atoms with Crippen molar-refractivity contribution in [2.75, 3.05) is 13.1 Å². The lowest BCUT2D eigenvalue weighted by molar-refractivity contribution is -0.111. The van der Waals surface area contributed by atoms with Crippen molar-refractivity contribution in [1.29, 1.82) is 0 Å². The summed E-state index contributed by atoms with van der Waals surface area (Å²) in [5.41, 5.74) is 0. The first-order valence-corrected chi connectivity index (χ1v) is 6.09. The summed E-state index contributed by atoms with van der Waals surface area (Å²) in [5, 5.41) is 0.759. The quantitative estimate of drug-likeness (QED) is 0.635. The van der Waals surface area contributed by atoms with Crippen molar-refractivity contribution in [3.8, 4) is 0 Å². The normalized spacial score (nSPS) is 25.0. The minimum atomic E-state index is 0.326. The predicted octanol–water partition coefficient (Wildman–Crippen LogP) is 1.97. The third kappa shape index (κ3) is 2.39. The topological polar surface area (TPSA) is 20.3 Å². The second-order valence-electron chi connectivity index (χ2n) is 2.43. The first-order chi connectivity index (χ1) is 5.27. The maximum absolute atomic E-state index is 10.9. The lowest BCUT2D eigenvalue weighted by Gasteiger charge is -2.23. The molecule has 1 aliphatic heterocycles. The molecule has 0 radical (unpaired) electrons. The second kappa shape index (κ2) is 4.38. The van der Waals surface area contributed by atoms with E-state index in [-0.39, 0.29) is 0 Å². The maximum atomic E-state index is 10.9. The van der Waals surface area contributed by atoms with Gasteiger partial charge in [0.05, 0.1) is 5.37 Å². The molecule has 1 heterocycles. The van der Waals surface area contributed by atoms with Gasteiger partial charge in [0.2, 0.25) is 5.12 Å². The first kappa shape index (κ1) is 9.42. The Kier molecular flexibility index (Phi) is 3.75. The van der Waals surface area contributed by atoms with Crippen molar-refractivity contribution in [3.63, 3.8) is 0 Å². The molecule has 0 aliphatic carbocycles. The van der Waals surface area contributed by atoms with Gasteiger partial charge in [0.1, 0.15) is 0 Å². The molecule has 0 saturated carbocycles. The van der Waals surface area contributed by atoms with Crippen molar-refractivity contribution in [1.82, 2.24) is 4.90 Å². The monoisotopic (exact) mass is 191 g/mol. The van der Waals surface area contributed by atoms with E-state index in [1.54, 1.807) is 10.8 Å². The summed E-state index contributed by atoms with van der Waals surface area (Å²) in [6.07, 6.45) is 0.719. The number of hydrogen-bond donors (Lipinski definition) is 0. The minimum absolute atomic E-state index is 0.326. The molecular formula is C7H13NOS2. The molecule has 1 unspecified atom stereocenters. The lowest BCUT2D eigenvalue weighted by atomic mass is 10.4. The zero-order valence-corrected chi connectivity index (χ0v) is 8.50. The summed E-state index contributed by atoms with van der Waals surface area (Å²) >= 11 is 0. The average Bonchev–Trinajstić information content (AvgIpc) is 2.39. The third-order valence-electron chi connectivity index (χ3n) is 1.81. The van der Waals surface area contributed by atoms with Crippen LogP contribution in [0.1, 0.15) is 20.3 Å². The Morgan fingerprint density at radius 3 is 2.55 bits per heavy atom. The SMILES string of the molecule is CCN(CC)C1CC(=O)SS1. The number of carbonyl (C=O) groups excluding carboxylic acids is 1. The van der Waals surface area contributed by atoms with Crippen molar-refractivity contribution >= 4 is 26.7 Å². The number of hydrogen-bond acceptors (Lipinski definition) is 4. The zero-order valence-electron chi connectivity index (χ0n) is 6.87. The van der Waals surface area contributed by atoms with Crippen LogP contribution in [0.3, 0.4) is 0 Å². The number of rotatable bonds is 3. The van der Waals surface area contributed by atoms with Crippen LogP contribution in [0.5, 0.6) is 0 Å². The molecule has 1 rings (SSSR count). The van der Waals surface area contributed by atoms with Gasteiger partial charge in [-0.15, -0.1) is 0 Å². The predicted molar refractivity (Wildman–Crippen MR) is 51.5 cm³/mol. The summed E-state index contributed by atoms with van der Waals surface area (Å²) in [6.45, 7) is 6.36. The van der Waals surface area contributed by atoms with E-state index in [9.17, 15) is 4.79 Å². The van der Waals surface area contributed by atoms with Crippen molar-refractivity contribution in [3.05, 3.63) is 0 Å². The van der Waals surface area contributed by atoms with E-state index in [1.807, 2.05) is 0 Å². The maximum Gasteiger partial charge on any atom is 0.201 e. The van der Waals surface area contributed by atoms with E-state index in [4.69, 9.17) is 0 Å². The molecule has 0 N–H and O–H groups in total. The molecule has 11 heavy (non-hydrogen) atoms. The molecule has 2 nitrogen and oxygen atoms in total. The molecule has 0 spiro atoms. The van der Waals surface area contributed by atoms with Gasteiger partial charge in [-0.1, -0.05) is 24.6 Å². The Balaban J connectivity index is 2.40. The molecule has 1 saturated heterocycles. The van der Waals surface area contributed by atoms with Crippen LogP contribution in [0, 0.1) is 0 Å². The Morgan fingerprint density at radius 1 is 1.55 bits per heavy atom. The molecule has 0 amide bonds. The standard InChI is InChI=1S/C7H13NOS2/c1-3-8(4-2)6-5-7(9)11-10-6/h6H,3-5H2,1-2H3. The lowest BCUT2D eigenvalue weighted by Crippen LogP contribution is -2.31. The molecule has 1 atom stereocenters. The van der Waals surface area contributed by atoms with Crippen LogP contribution < -0.4 is 0 Å². The fourth-order valence-corrected chi connectivity index (χ4v) is 3.76. The van der Waals surface area contributed by atoms with Crippen LogP contribution in [-0.4, -0.2) is 28.5 Å². The van der Waals surface area contributed by atoms with E-state index in [0.29, 0.717) is 10.5 Å². The van der Waals surface area contributed by atoms with Crippen molar-refractivity contribution in [2.45, 2.75) is 25.6 Å². The molecule has 0 aromatic carbocycles. The van der Waals surface area contributed by atoms with Gasteiger partial charge in [-0.3, -0.25) is 9.69 Å². The van der Waals surface area contributed by atoms with Crippen LogP contribution >= 0.6 is 21.6 Å². The van der Waals surface area contributed by atoms with E-state index >= 15 is 0 Å². The van der Waals surface area contributed by atoms with Gasteiger partial charge in [0.15, 0.2) is 0 Å². The molecule has 0 bridgehead atoms. The zero-order chi connectivity index (χ0) is 8.27. The minimum Gasteiger partial charge on any atom is -0.291 e. The molecule has 1 fully saturated rings. The van der Waals surface area contributed by atoms with E-state index in [1.165, 1.54) is 10.8 Å². The van der Waals surface area contributed by atoms with Gasteiger partial charge in [0.25, 0.3) is 0 Å². The van der Waals surface area contributed by atoms with Crippen molar-refractivity contribution < 1.29 is 4.79 Å². The summed E-state index contributed by atoms with van der Waals surface area (Å²) in [7, 11) is 3.10. The van der Waals surface area contributed by atoms with Gasteiger partial charge in [-0.2, -0.15) is 0 Å². The van der Waals surface area contributed by atoms with Crippen LogP contribution in [-0.2, 0) is 4.79 Å². The van der Waals surface area contributed by atoms with Gasteiger partial charge >= 0.3 is 0 Å². The van der Waals surface area contributed by atoms with E-state index in [0.717, 1.165) is 19.5 Å². The fourth-order valence-electron chi connectivity index (χ4n) is 1.14. The fraction of sp³-hybridized carbons (Fsp3) is 0.857. The Morgan fingerprint density at radius 2 is 2.18 bits per heavy atom. The van der Waals surface area contributed by atoms with Crippen LogP contribution in [0.2, 0.25) is 0 Å². The van der Waals surface area contributed by atoms with Crippen LogP contribution in [0.25, 0.3) is 0 Å². The average molecular weight is 191 g/mol. The third-order valence-corrected chi connectivity index (χ3v) is 4.46. The van der Waals surface area contributed by atoms with Crippen molar-refractivity contribution in [2.24, 2.45) is 0 Å². The van der Waals surface area contributed by atoms with Crippen LogP contribution in [0.4, 0.5) is 0 Å². The largest absolute Gasteiger partial charge is 0.291 e. The highest BCUT2D eigenvalue weighted by Crippen LogP contribution is 2.40. The molecule has 1 aliphatic rings. The summed E-state index contributed by atoms with van der Waals surface area (Å²) in [4.78, 5) is 13.2. The molecular weight excluding hydrogens is 178 g/mol.